The van der Waals surface area contributed by atoms with Gasteiger partial charge in [-0.3, -0.25) is 9.80 Å². The van der Waals surface area contributed by atoms with Crippen molar-refractivity contribution in [3.8, 4) is 0 Å². The summed E-state index contributed by atoms with van der Waals surface area (Å²) in [6.45, 7) is 5.00. The van der Waals surface area contributed by atoms with Crippen molar-refractivity contribution >= 4 is 17.7 Å². The standard InChI is InChI=1S/C23H27ClN2O3/c24-20-8-6-18(7-9-20)16-21-17-26(23(27)29-21)22(19-4-2-1-3-5-19)10-11-25-12-14-28-15-13-25/h1-9,21-22H,10-17H2. The maximum absolute atomic E-state index is 12.7. The van der Waals surface area contributed by atoms with Crippen LogP contribution in [0.2, 0.25) is 5.02 Å². The van der Waals surface area contributed by atoms with Crippen LogP contribution in [0.5, 0.6) is 0 Å². The van der Waals surface area contributed by atoms with E-state index in [4.69, 9.17) is 21.1 Å². The van der Waals surface area contributed by atoms with Gasteiger partial charge in [0.1, 0.15) is 6.10 Å². The maximum atomic E-state index is 12.7. The SMILES string of the molecule is O=C1OC(Cc2ccc(Cl)cc2)CN1C(CCN1CCOCC1)c1ccccc1. The summed E-state index contributed by atoms with van der Waals surface area (Å²) in [4.78, 5) is 17.1. The zero-order chi connectivity index (χ0) is 20.1. The smallest absolute Gasteiger partial charge is 0.410 e. The first-order valence-corrected chi connectivity index (χ1v) is 10.6. The van der Waals surface area contributed by atoms with Gasteiger partial charge in [0.2, 0.25) is 0 Å². The molecule has 2 heterocycles. The highest BCUT2D eigenvalue weighted by molar-refractivity contribution is 6.30. The third kappa shape index (κ3) is 5.30. The average molecular weight is 415 g/mol. The van der Waals surface area contributed by atoms with Crippen LogP contribution in [0, 0.1) is 0 Å². The second kappa shape index (κ2) is 9.61. The highest BCUT2D eigenvalue weighted by atomic mass is 35.5. The van der Waals surface area contributed by atoms with Crippen molar-refractivity contribution in [3.63, 3.8) is 0 Å². The van der Waals surface area contributed by atoms with Crippen LogP contribution in [-0.4, -0.2) is 61.4 Å². The van der Waals surface area contributed by atoms with Crippen LogP contribution in [0.15, 0.2) is 54.6 Å². The molecule has 0 spiro atoms. The number of cyclic esters (lactones) is 1. The molecule has 2 fully saturated rings. The Bertz CT molecular complexity index is 794. The number of rotatable bonds is 7. The number of benzene rings is 2. The number of morpholine rings is 1. The van der Waals surface area contributed by atoms with Gasteiger partial charge in [-0.15, -0.1) is 0 Å². The Labute approximate surface area is 177 Å². The van der Waals surface area contributed by atoms with Crippen molar-refractivity contribution in [2.24, 2.45) is 0 Å². The maximum Gasteiger partial charge on any atom is 0.410 e. The van der Waals surface area contributed by atoms with E-state index in [1.807, 2.05) is 47.4 Å². The predicted molar refractivity (Wildman–Crippen MR) is 113 cm³/mol. The summed E-state index contributed by atoms with van der Waals surface area (Å²) in [7, 11) is 0. The van der Waals surface area contributed by atoms with Crippen LogP contribution in [0.25, 0.3) is 0 Å². The molecule has 6 heteroatoms. The minimum absolute atomic E-state index is 0.0155. The Morgan fingerprint density at radius 3 is 2.48 bits per heavy atom. The van der Waals surface area contributed by atoms with E-state index in [2.05, 4.69) is 17.0 Å². The number of nitrogens with zero attached hydrogens (tertiary/aromatic N) is 2. The lowest BCUT2D eigenvalue weighted by Crippen LogP contribution is -2.39. The molecule has 4 rings (SSSR count). The normalized spacial score (nSPS) is 21.2. The molecule has 2 saturated heterocycles. The molecule has 1 amide bonds. The second-order valence-corrected chi connectivity index (χ2v) is 8.09. The molecular weight excluding hydrogens is 388 g/mol. The Hall–Kier alpha value is -2.08. The van der Waals surface area contributed by atoms with E-state index in [1.165, 1.54) is 0 Å². The van der Waals surface area contributed by atoms with Crippen LogP contribution in [0.3, 0.4) is 0 Å². The predicted octanol–water partition coefficient (Wildman–Crippen LogP) is 4.17. The molecule has 2 aromatic carbocycles. The van der Waals surface area contributed by atoms with Gasteiger partial charge < -0.3 is 9.47 Å². The molecule has 0 bridgehead atoms. The van der Waals surface area contributed by atoms with E-state index in [0.29, 0.717) is 18.0 Å². The first kappa shape index (κ1) is 20.2. The molecule has 29 heavy (non-hydrogen) atoms. The van der Waals surface area contributed by atoms with Crippen molar-refractivity contribution in [3.05, 3.63) is 70.7 Å². The highest BCUT2D eigenvalue weighted by Crippen LogP contribution is 2.30. The van der Waals surface area contributed by atoms with Crippen molar-refractivity contribution in [1.82, 2.24) is 9.80 Å². The van der Waals surface area contributed by atoms with Crippen molar-refractivity contribution in [2.45, 2.75) is 25.0 Å². The summed E-state index contributed by atoms with van der Waals surface area (Å²) in [6, 6.07) is 18.0. The van der Waals surface area contributed by atoms with Crippen molar-refractivity contribution < 1.29 is 14.3 Å². The van der Waals surface area contributed by atoms with Gasteiger partial charge in [0.05, 0.1) is 25.8 Å². The zero-order valence-electron chi connectivity index (χ0n) is 16.5. The number of carbonyl (C=O) groups excluding carboxylic acids is 1. The molecule has 2 unspecified atom stereocenters. The van der Waals surface area contributed by atoms with E-state index in [1.54, 1.807) is 0 Å². The number of carbonyl (C=O) groups is 1. The molecule has 0 N–H and O–H groups in total. The Morgan fingerprint density at radius 1 is 1.03 bits per heavy atom. The average Bonchev–Trinajstić information content (AvgIpc) is 3.11. The fraction of sp³-hybridized carbons (Fsp3) is 0.435. The summed E-state index contributed by atoms with van der Waals surface area (Å²) in [6.07, 6.45) is 1.22. The van der Waals surface area contributed by atoms with E-state index >= 15 is 0 Å². The molecule has 0 aliphatic carbocycles. The molecule has 0 saturated carbocycles. The van der Waals surface area contributed by atoms with Crippen LogP contribution < -0.4 is 0 Å². The molecule has 2 aliphatic heterocycles. The number of ether oxygens (including phenoxy) is 2. The topological polar surface area (TPSA) is 42.0 Å². The largest absolute Gasteiger partial charge is 0.444 e. The van der Waals surface area contributed by atoms with Gasteiger partial charge in [0.25, 0.3) is 0 Å². The summed E-state index contributed by atoms with van der Waals surface area (Å²) < 4.78 is 11.2. The van der Waals surface area contributed by atoms with Crippen LogP contribution in [0.4, 0.5) is 4.79 Å². The molecular formula is C23H27ClN2O3. The van der Waals surface area contributed by atoms with Crippen LogP contribution in [-0.2, 0) is 15.9 Å². The van der Waals surface area contributed by atoms with Crippen LogP contribution >= 0.6 is 11.6 Å². The molecule has 154 valence electrons. The Kier molecular flexibility index (Phi) is 6.70. The number of amides is 1. The molecule has 5 nitrogen and oxygen atoms in total. The van der Waals surface area contributed by atoms with Gasteiger partial charge in [0, 0.05) is 31.1 Å². The van der Waals surface area contributed by atoms with Gasteiger partial charge in [-0.1, -0.05) is 54.1 Å². The summed E-state index contributed by atoms with van der Waals surface area (Å²) in [5.41, 5.74) is 2.28. The summed E-state index contributed by atoms with van der Waals surface area (Å²) in [5.74, 6) is 0. The lowest BCUT2D eigenvalue weighted by molar-refractivity contribution is 0.0341. The van der Waals surface area contributed by atoms with E-state index in [9.17, 15) is 4.79 Å². The molecule has 2 aromatic rings. The lowest BCUT2D eigenvalue weighted by atomic mass is 10.0. The van der Waals surface area contributed by atoms with Crippen molar-refractivity contribution in [2.75, 3.05) is 39.4 Å². The molecule has 2 aliphatic rings. The third-order valence-corrected chi connectivity index (χ3v) is 5.91. The quantitative estimate of drug-likeness (QED) is 0.682. The van der Waals surface area contributed by atoms with Crippen LogP contribution in [0.1, 0.15) is 23.6 Å². The number of halogens is 1. The monoisotopic (exact) mass is 414 g/mol. The highest BCUT2D eigenvalue weighted by Gasteiger charge is 2.36. The second-order valence-electron chi connectivity index (χ2n) is 7.66. The van der Waals surface area contributed by atoms with E-state index < -0.39 is 0 Å². The fourth-order valence-electron chi connectivity index (χ4n) is 4.09. The van der Waals surface area contributed by atoms with Crippen molar-refractivity contribution in [1.29, 1.82) is 0 Å². The Morgan fingerprint density at radius 2 is 1.76 bits per heavy atom. The first-order chi connectivity index (χ1) is 14.2. The van der Waals surface area contributed by atoms with Gasteiger partial charge in [0.15, 0.2) is 0 Å². The molecule has 0 aromatic heterocycles. The van der Waals surface area contributed by atoms with E-state index in [0.717, 1.165) is 50.4 Å². The first-order valence-electron chi connectivity index (χ1n) is 10.3. The van der Waals surface area contributed by atoms with Gasteiger partial charge in [-0.05, 0) is 29.7 Å². The van der Waals surface area contributed by atoms with Gasteiger partial charge in [-0.2, -0.15) is 0 Å². The third-order valence-electron chi connectivity index (χ3n) is 5.66. The van der Waals surface area contributed by atoms with Gasteiger partial charge in [-0.25, -0.2) is 4.79 Å². The lowest BCUT2D eigenvalue weighted by Gasteiger charge is -2.31. The van der Waals surface area contributed by atoms with E-state index in [-0.39, 0.29) is 18.2 Å². The number of hydrogen-bond donors (Lipinski definition) is 0. The minimum atomic E-state index is -0.222. The Balaban J connectivity index is 1.44. The van der Waals surface area contributed by atoms with Gasteiger partial charge >= 0.3 is 6.09 Å². The summed E-state index contributed by atoms with van der Waals surface area (Å²) >= 11 is 5.98. The minimum Gasteiger partial charge on any atom is -0.444 e. The number of hydrogen-bond acceptors (Lipinski definition) is 4. The summed E-state index contributed by atoms with van der Waals surface area (Å²) in [5, 5.41) is 0.714. The fourth-order valence-corrected chi connectivity index (χ4v) is 4.22. The zero-order valence-corrected chi connectivity index (χ0v) is 17.3. The molecule has 0 radical (unpaired) electrons. The molecule has 2 atom stereocenters.